The Bertz CT molecular complexity index is 405. The fourth-order valence-corrected chi connectivity index (χ4v) is 2.34. The van der Waals surface area contributed by atoms with Crippen LogP contribution in [0.1, 0.15) is 31.4 Å². The van der Waals surface area contributed by atoms with Crippen molar-refractivity contribution in [2.75, 3.05) is 18.5 Å². The summed E-state index contributed by atoms with van der Waals surface area (Å²) in [7, 11) is 0. The minimum atomic E-state index is -0.135. The van der Waals surface area contributed by atoms with Crippen LogP contribution in [0, 0.1) is 6.92 Å². The van der Waals surface area contributed by atoms with Crippen LogP contribution in [0.25, 0.3) is 0 Å². The number of aryl methyl sites for hydroxylation is 1. The van der Waals surface area contributed by atoms with Crippen LogP contribution in [0.5, 0.6) is 0 Å². The monoisotopic (exact) mass is 253 g/mol. The first-order valence-electron chi connectivity index (χ1n) is 6.32. The topological polar surface area (TPSA) is 78.6 Å². The SMILES string of the molecule is Cc1cc(NC(=O)N2CCCC2CCCO)no1. The van der Waals surface area contributed by atoms with E-state index in [1.807, 2.05) is 4.90 Å². The highest BCUT2D eigenvalue weighted by Gasteiger charge is 2.28. The van der Waals surface area contributed by atoms with Gasteiger partial charge in [-0.05, 0) is 32.6 Å². The molecule has 1 saturated heterocycles. The predicted molar refractivity (Wildman–Crippen MR) is 66.3 cm³/mol. The van der Waals surface area contributed by atoms with E-state index in [-0.39, 0.29) is 18.7 Å². The summed E-state index contributed by atoms with van der Waals surface area (Å²) in [5, 5.41) is 15.3. The summed E-state index contributed by atoms with van der Waals surface area (Å²) in [5.41, 5.74) is 0. The van der Waals surface area contributed by atoms with E-state index in [9.17, 15) is 4.79 Å². The number of nitrogens with one attached hydrogen (secondary N) is 1. The molecule has 2 amide bonds. The van der Waals surface area contributed by atoms with Gasteiger partial charge in [0.05, 0.1) is 0 Å². The summed E-state index contributed by atoms with van der Waals surface area (Å²) in [6.07, 6.45) is 3.60. The highest BCUT2D eigenvalue weighted by Crippen LogP contribution is 2.22. The highest BCUT2D eigenvalue weighted by molar-refractivity contribution is 5.88. The normalized spacial score (nSPS) is 19.2. The third-order valence-electron chi connectivity index (χ3n) is 3.20. The summed E-state index contributed by atoms with van der Waals surface area (Å²) >= 11 is 0. The minimum Gasteiger partial charge on any atom is -0.396 e. The molecule has 2 rings (SSSR count). The molecule has 1 aromatic rings. The molecule has 0 radical (unpaired) electrons. The maximum absolute atomic E-state index is 12.1. The van der Waals surface area contributed by atoms with Gasteiger partial charge in [0.25, 0.3) is 0 Å². The third-order valence-corrected chi connectivity index (χ3v) is 3.20. The van der Waals surface area contributed by atoms with E-state index in [1.54, 1.807) is 13.0 Å². The van der Waals surface area contributed by atoms with Gasteiger partial charge in [-0.2, -0.15) is 0 Å². The van der Waals surface area contributed by atoms with E-state index >= 15 is 0 Å². The minimum absolute atomic E-state index is 0.135. The molecule has 6 nitrogen and oxygen atoms in total. The molecule has 0 spiro atoms. The van der Waals surface area contributed by atoms with Crippen LogP contribution >= 0.6 is 0 Å². The summed E-state index contributed by atoms with van der Waals surface area (Å²) < 4.78 is 4.90. The predicted octanol–water partition coefficient (Wildman–Crippen LogP) is 1.75. The molecule has 2 heterocycles. The number of hydrogen-bond donors (Lipinski definition) is 2. The Morgan fingerprint density at radius 2 is 2.56 bits per heavy atom. The Morgan fingerprint density at radius 1 is 1.72 bits per heavy atom. The van der Waals surface area contributed by atoms with Crippen molar-refractivity contribution in [1.82, 2.24) is 10.1 Å². The second-order valence-corrected chi connectivity index (χ2v) is 4.61. The van der Waals surface area contributed by atoms with Crippen molar-refractivity contribution in [2.24, 2.45) is 0 Å². The van der Waals surface area contributed by atoms with Gasteiger partial charge in [-0.15, -0.1) is 0 Å². The van der Waals surface area contributed by atoms with Gasteiger partial charge < -0.3 is 14.5 Å². The Kier molecular flexibility index (Phi) is 4.19. The van der Waals surface area contributed by atoms with Crippen molar-refractivity contribution in [3.05, 3.63) is 11.8 Å². The Hall–Kier alpha value is -1.56. The highest BCUT2D eigenvalue weighted by atomic mass is 16.5. The lowest BCUT2D eigenvalue weighted by atomic mass is 10.1. The molecule has 1 fully saturated rings. The van der Waals surface area contributed by atoms with Crippen molar-refractivity contribution >= 4 is 11.8 Å². The standard InChI is InChI=1S/C12H19N3O3/c1-9-8-11(14-18-9)13-12(17)15-6-2-4-10(15)5-3-7-16/h8,10,16H,2-7H2,1H3,(H,13,14,17). The zero-order valence-electron chi connectivity index (χ0n) is 10.6. The fraction of sp³-hybridized carbons (Fsp3) is 0.667. The fourth-order valence-electron chi connectivity index (χ4n) is 2.34. The molecule has 6 heteroatoms. The second-order valence-electron chi connectivity index (χ2n) is 4.61. The van der Waals surface area contributed by atoms with E-state index in [4.69, 9.17) is 9.63 Å². The number of urea groups is 1. The van der Waals surface area contributed by atoms with Crippen molar-refractivity contribution in [2.45, 2.75) is 38.6 Å². The van der Waals surface area contributed by atoms with Gasteiger partial charge in [-0.1, -0.05) is 5.16 Å². The molecule has 100 valence electrons. The number of carbonyl (C=O) groups excluding carboxylic acids is 1. The molecule has 1 atom stereocenters. The number of aliphatic hydroxyl groups excluding tert-OH is 1. The first-order chi connectivity index (χ1) is 8.70. The van der Waals surface area contributed by atoms with Gasteiger partial charge in [0.2, 0.25) is 0 Å². The van der Waals surface area contributed by atoms with Gasteiger partial charge >= 0.3 is 6.03 Å². The van der Waals surface area contributed by atoms with Crippen LogP contribution in [0.15, 0.2) is 10.6 Å². The maximum Gasteiger partial charge on any atom is 0.323 e. The van der Waals surface area contributed by atoms with Gasteiger partial charge in [0.1, 0.15) is 5.76 Å². The Labute approximate surface area is 106 Å². The Morgan fingerprint density at radius 3 is 3.22 bits per heavy atom. The number of carbonyl (C=O) groups is 1. The largest absolute Gasteiger partial charge is 0.396 e. The van der Waals surface area contributed by atoms with E-state index in [0.717, 1.165) is 32.2 Å². The molecule has 0 bridgehead atoms. The quantitative estimate of drug-likeness (QED) is 0.856. The molecule has 0 aromatic carbocycles. The number of aliphatic hydroxyl groups is 1. The van der Waals surface area contributed by atoms with Crippen molar-refractivity contribution in [3.63, 3.8) is 0 Å². The lowest BCUT2D eigenvalue weighted by Gasteiger charge is -2.24. The van der Waals surface area contributed by atoms with E-state index in [1.165, 1.54) is 0 Å². The van der Waals surface area contributed by atoms with Crippen molar-refractivity contribution in [1.29, 1.82) is 0 Å². The van der Waals surface area contributed by atoms with Gasteiger partial charge in [0, 0.05) is 25.3 Å². The lowest BCUT2D eigenvalue weighted by Crippen LogP contribution is -2.38. The molecular weight excluding hydrogens is 234 g/mol. The van der Waals surface area contributed by atoms with Crippen LogP contribution in [-0.2, 0) is 0 Å². The molecule has 18 heavy (non-hydrogen) atoms. The molecular formula is C12H19N3O3. The Balaban J connectivity index is 1.91. The van der Waals surface area contributed by atoms with E-state index in [0.29, 0.717) is 11.6 Å². The third kappa shape index (κ3) is 3.01. The van der Waals surface area contributed by atoms with Crippen LogP contribution in [0.3, 0.4) is 0 Å². The van der Waals surface area contributed by atoms with Gasteiger partial charge in [0.15, 0.2) is 5.82 Å². The molecule has 1 unspecified atom stereocenters. The maximum atomic E-state index is 12.1. The van der Waals surface area contributed by atoms with E-state index < -0.39 is 0 Å². The molecule has 0 aliphatic carbocycles. The molecule has 0 saturated carbocycles. The van der Waals surface area contributed by atoms with E-state index in [2.05, 4.69) is 10.5 Å². The average Bonchev–Trinajstić information content (AvgIpc) is 2.95. The first-order valence-corrected chi connectivity index (χ1v) is 6.32. The zero-order valence-corrected chi connectivity index (χ0v) is 10.6. The molecule has 2 N–H and O–H groups in total. The van der Waals surface area contributed by atoms with Crippen LogP contribution in [-0.4, -0.2) is 40.4 Å². The summed E-state index contributed by atoms with van der Waals surface area (Å²) in [6, 6.07) is 1.78. The molecule has 1 aromatic heterocycles. The second kappa shape index (κ2) is 5.86. The lowest BCUT2D eigenvalue weighted by molar-refractivity contribution is 0.197. The average molecular weight is 253 g/mol. The molecule has 1 aliphatic rings. The number of likely N-dealkylation sites (tertiary alicyclic amines) is 1. The number of nitrogens with zero attached hydrogens (tertiary/aromatic N) is 2. The van der Waals surface area contributed by atoms with Gasteiger partial charge in [-0.3, -0.25) is 5.32 Å². The summed E-state index contributed by atoms with van der Waals surface area (Å²) in [5.74, 6) is 1.12. The number of amides is 2. The van der Waals surface area contributed by atoms with Crippen LogP contribution in [0.4, 0.5) is 10.6 Å². The van der Waals surface area contributed by atoms with Crippen molar-refractivity contribution < 1.29 is 14.4 Å². The van der Waals surface area contributed by atoms with Crippen molar-refractivity contribution in [3.8, 4) is 0 Å². The van der Waals surface area contributed by atoms with Crippen LogP contribution in [0.2, 0.25) is 0 Å². The number of hydrogen-bond acceptors (Lipinski definition) is 4. The zero-order chi connectivity index (χ0) is 13.0. The van der Waals surface area contributed by atoms with Gasteiger partial charge in [-0.25, -0.2) is 4.79 Å². The van der Waals surface area contributed by atoms with Crippen LogP contribution < -0.4 is 5.32 Å². The summed E-state index contributed by atoms with van der Waals surface area (Å²) in [6.45, 7) is 2.72. The first kappa shape index (κ1) is 12.9. The molecule has 1 aliphatic heterocycles. The summed E-state index contributed by atoms with van der Waals surface area (Å²) in [4.78, 5) is 13.9. The number of aromatic nitrogens is 1. The number of rotatable bonds is 4. The number of anilines is 1. The smallest absolute Gasteiger partial charge is 0.323 e.